The summed E-state index contributed by atoms with van der Waals surface area (Å²) >= 11 is 0. The molecular formula is C5H8N2O3. The number of carbonyl (C=O) groups excluding carboxylic acids is 3. The smallest absolute Gasteiger partial charge is 0.323 e. The van der Waals surface area contributed by atoms with Crippen LogP contribution in [0.1, 0.15) is 0 Å². The van der Waals surface area contributed by atoms with Crippen LogP contribution in [0.3, 0.4) is 0 Å². The number of rotatable bonds is 1. The van der Waals surface area contributed by atoms with Gasteiger partial charge in [0.05, 0.1) is 0 Å². The molecule has 1 N–H and O–H groups in total. The van der Waals surface area contributed by atoms with E-state index < -0.39 is 11.9 Å². The van der Waals surface area contributed by atoms with E-state index in [2.05, 4.69) is 0 Å². The van der Waals surface area contributed by atoms with Gasteiger partial charge in [0.2, 0.25) is 6.29 Å². The summed E-state index contributed by atoms with van der Waals surface area (Å²) in [6.07, 6.45) is 0.0431. The van der Waals surface area contributed by atoms with Crippen molar-refractivity contribution in [3.05, 3.63) is 0 Å². The van der Waals surface area contributed by atoms with E-state index in [-0.39, 0.29) is 6.29 Å². The molecule has 0 radical (unpaired) electrons. The fraction of sp³-hybridized carbons (Fsp3) is 0.400. The highest BCUT2D eigenvalue weighted by molar-refractivity contribution is 6.27. The summed E-state index contributed by atoms with van der Waals surface area (Å²) in [4.78, 5) is 31.6. The highest BCUT2D eigenvalue weighted by Crippen LogP contribution is 1.74. The number of carbonyl (C=O) groups is 3. The van der Waals surface area contributed by atoms with Crippen molar-refractivity contribution in [2.45, 2.75) is 0 Å². The molecule has 0 aromatic carbocycles. The lowest BCUT2D eigenvalue weighted by molar-refractivity contribution is -0.130. The Morgan fingerprint density at radius 2 is 1.90 bits per heavy atom. The molecule has 0 aliphatic carbocycles. The van der Waals surface area contributed by atoms with Crippen LogP contribution in [-0.4, -0.2) is 37.2 Å². The molecule has 0 fully saturated rings. The van der Waals surface area contributed by atoms with Crippen LogP contribution >= 0.6 is 0 Å². The van der Waals surface area contributed by atoms with Gasteiger partial charge in [0.15, 0.2) is 0 Å². The molecule has 0 rings (SSSR count). The molecule has 5 nitrogen and oxygen atoms in total. The Morgan fingerprint density at radius 1 is 1.40 bits per heavy atom. The van der Waals surface area contributed by atoms with Crippen LogP contribution in [-0.2, 0) is 9.59 Å². The molecule has 56 valence electrons. The van der Waals surface area contributed by atoms with Gasteiger partial charge in [-0.25, -0.2) is 4.79 Å². The van der Waals surface area contributed by atoms with Gasteiger partial charge in [-0.1, -0.05) is 0 Å². The average Bonchev–Trinajstić information content (AvgIpc) is 1.87. The molecule has 0 aromatic heterocycles. The van der Waals surface area contributed by atoms with Crippen molar-refractivity contribution in [2.75, 3.05) is 14.1 Å². The van der Waals surface area contributed by atoms with Gasteiger partial charge in [0, 0.05) is 14.1 Å². The lowest BCUT2D eigenvalue weighted by Crippen LogP contribution is -2.39. The van der Waals surface area contributed by atoms with E-state index in [1.54, 1.807) is 0 Å². The number of imide groups is 1. The predicted molar refractivity (Wildman–Crippen MR) is 33.3 cm³/mol. The number of amides is 3. The molecule has 0 bridgehead atoms. The first-order valence-electron chi connectivity index (χ1n) is 2.55. The van der Waals surface area contributed by atoms with Crippen LogP contribution in [0.4, 0.5) is 4.79 Å². The number of urea groups is 1. The normalized spacial score (nSPS) is 8.20. The van der Waals surface area contributed by atoms with Crippen LogP contribution in [0.25, 0.3) is 0 Å². The summed E-state index contributed by atoms with van der Waals surface area (Å²) in [5.41, 5.74) is 0. The minimum atomic E-state index is -0.932. The number of nitrogens with one attached hydrogen (secondary N) is 1. The van der Waals surface area contributed by atoms with Crippen molar-refractivity contribution < 1.29 is 14.4 Å². The van der Waals surface area contributed by atoms with Gasteiger partial charge in [-0.2, -0.15) is 0 Å². The number of nitrogens with zero attached hydrogens (tertiary/aromatic N) is 1. The van der Waals surface area contributed by atoms with Crippen molar-refractivity contribution >= 4 is 18.2 Å². The van der Waals surface area contributed by atoms with E-state index in [1.165, 1.54) is 14.1 Å². The van der Waals surface area contributed by atoms with Gasteiger partial charge in [0.1, 0.15) is 0 Å². The minimum Gasteiger partial charge on any atom is -0.331 e. The first-order chi connectivity index (χ1) is 4.57. The molecule has 0 saturated heterocycles. The van der Waals surface area contributed by atoms with Crippen LogP contribution in [0.5, 0.6) is 0 Å². The number of hydrogen-bond acceptors (Lipinski definition) is 3. The molecule has 0 aliphatic rings. The van der Waals surface area contributed by atoms with Crippen molar-refractivity contribution in [3.8, 4) is 0 Å². The van der Waals surface area contributed by atoms with E-state index in [4.69, 9.17) is 0 Å². The average molecular weight is 144 g/mol. The molecule has 3 amide bonds. The second kappa shape index (κ2) is 3.60. The van der Waals surface area contributed by atoms with E-state index in [0.29, 0.717) is 0 Å². The summed E-state index contributed by atoms with van der Waals surface area (Å²) in [5.74, 6) is -0.932. The van der Waals surface area contributed by atoms with Crippen molar-refractivity contribution in [3.63, 3.8) is 0 Å². The first kappa shape index (κ1) is 8.61. The Balaban J connectivity index is 3.80. The number of hydrogen-bond donors (Lipinski definition) is 1. The van der Waals surface area contributed by atoms with E-state index in [9.17, 15) is 14.4 Å². The fourth-order valence-corrected chi connectivity index (χ4v) is 0.247. The Kier molecular flexibility index (Phi) is 3.10. The van der Waals surface area contributed by atoms with E-state index in [1.807, 2.05) is 5.32 Å². The van der Waals surface area contributed by atoms with Crippen LogP contribution in [0, 0.1) is 0 Å². The quantitative estimate of drug-likeness (QED) is 0.378. The maximum atomic E-state index is 10.5. The SMILES string of the molecule is CN(C)C(=O)NC(=O)C=O. The Morgan fingerprint density at radius 3 is 2.20 bits per heavy atom. The zero-order chi connectivity index (χ0) is 8.15. The standard InChI is InChI=1S/C5H8N2O3/c1-7(2)5(10)6-4(9)3-8/h3H,1-2H3,(H,6,9,10). The lowest BCUT2D eigenvalue weighted by atomic mass is 10.6. The van der Waals surface area contributed by atoms with Crippen LogP contribution < -0.4 is 5.32 Å². The summed E-state index contributed by atoms with van der Waals surface area (Å²) < 4.78 is 0. The highest BCUT2D eigenvalue weighted by atomic mass is 16.2. The molecule has 0 spiro atoms. The molecule has 0 heterocycles. The monoisotopic (exact) mass is 144 g/mol. The second-order valence-corrected chi connectivity index (χ2v) is 1.81. The molecule has 5 heteroatoms. The first-order valence-corrected chi connectivity index (χ1v) is 2.55. The molecule has 10 heavy (non-hydrogen) atoms. The third-order valence-corrected chi connectivity index (χ3v) is 0.743. The lowest BCUT2D eigenvalue weighted by Gasteiger charge is -2.07. The molecule has 0 atom stereocenters. The maximum Gasteiger partial charge on any atom is 0.323 e. The maximum absolute atomic E-state index is 10.5. The Bertz CT molecular complexity index is 164. The van der Waals surface area contributed by atoms with Gasteiger partial charge in [-0.3, -0.25) is 14.9 Å². The molecule has 0 aliphatic heterocycles. The third kappa shape index (κ3) is 2.81. The van der Waals surface area contributed by atoms with Gasteiger partial charge < -0.3 is 4.90 Å². The van der Waals surface area contributed by atoms with Gasteiger partial charge in [0.25, 0.3) is 5.91 Å². The van der Waals surface area contributed by atoms with E-state index in [0.717, 1.165) is 4.90 Å². The van der Waals surface area contributed by atoms with E-state index >= 15 is 0 Å². The molecule has 0 aromatic rings. The largest absolute Gasteiger partial charge is 0.331 e. The summed E-state index contributed by atoms with van der Waals surface area (Å²) in [7, 11) is 2.93. The van der Waals surface area contributed by atoms with Gasteiger partial charge in [-0.15, -0.1) is 0 Å². The third-order valence-electron chi connectivity index (χ3n) is 0.743. The number of aldehydes is 1. The van der Waals surface area contributed by atoms with Crippen molar-refractivity contribution in [1.29, 1.82) is 0 Å². The zero-order valence-corrected chi connectivity index (χ0v) is 5.75. The van der Waals surface area contributed by atoms with Crippen LogP contribution in [0.15, 0.2) is 0 Å². The minimum absolute atomic E-state index is 0.0431. The summed E-state index contributed by atoms with van der Waals surface area (Å²) in [6, 6.07) is -0.600. The van der Waals surface area contributed by atoms with Crippen molar-refractivity contribution in [1.82, 2.24) is 10.2 Å². The molecule has 0 unspecified atom stereocenters. The predicted octanol–water partition coefficient (Wildman–Crippen LogP) is -1.02. The molecular weight excluding hydrogens is 136 g/mol. The molecule has 0 saturated carbocycles. The highest BCUT2D eigenvalue weighted by Gasteiger charge is 2.06. The fourth-order valence-electron chi connectivity index (χ4n) is 0.247. The Hall–Kier alpha value is -1.39. The van der Waals surface area contributed by atoms with Crippen molar-refractivity contribution in [2.24, 2.45) is 0 Å². The van der Waals surface area contributed by atoms with Gasteiger partial charge in [-0.05, 0) is 0 Å². The summed E-state index contributed by atoms with van der Waals surface area (Å²) in [5, 5.41) is 1.81. The Labute approximate surface area is 58.0 Å². The van der Waals surface area contributed by atoms with Crippen LogP contribution in [0.2, 0.25) is 0 Å². The second-order valence-electron chi connectivity index (χ2n) is 1.81. The topological polar surface area (TPSA) is 66.5 Å². The summed E-state index contributed by atoms with van der Waals surface area (Å²) in [6.45, 7) is 0. The van der Waals surface area contributed by atoms with Gasteiger partial charge >= 0.3 is 6.03 Å². The zero-order valence-electron chi connectivity index (χ0n) is 5.75.